The number of nitrogens with one attached hydrogen (secondary N) is 2. The highest BCUT2D eigenvalue weighted by Crippen LogP contribution is 2.42. The molecule has 2 N–H and O–H groups in total. The summed E-state index contributed by atoms with van der Waals surface area (Å²) in [6.45, 7) is 6.36. The lowest BCUT2D eigenvalue weighted by Gasteiger charge is -2.49. The number of allylic oxidation sites excluding steroid dienone is 1. The van der Waals surface area contributed by atoms with Crippen molar-refractivity contribution in [3.05, 3.63) is 100 Å². The van der Waals surface area contributed by atoms with Crippen molar-refractivity contribution in [2.45, 2.75) is 82.9 Å². The molecular weight excluding hydrogens is 729 g/mol. The van der Waals surface area contributed by atoms with Gasteiger partial charge in [0.2, 0.25) is 0 Å². The highest BCUT2D eigenvalue weighted by molar-refractivity contribution is 8.00. The molecule has 284 valence electrons. The van der Waals surface area contributed by atoms with Gasteiger partial charge in [0, 0.05) is 23.6 Å². The van der Waals surface area contributed by atoms with Gasteiger partial charge in [0.05, 0.1) is 11.3 Å². The Morgan fingerprint density at radius 2 is 1.65 bits per heavy atom. The average Bonchev–Trinajstić information content (AvgIpc) is 3.84. The zero-order chi connectivity index (χ0) is 38.4. The lowest BCUT2D eigenvalue weighted by atomic mass is 9.99. The Morgan fingerprint density at radius 1 is 1.00 bits per heavy atom. The van der Waals surface area contributed by atoms with E-state index in [1.54, 1.807) is 26.2 Å². The molecule has 3 heterocycles. The van der Waals surface area contributed by atoms with Crippen molar-refractivity contribution in [3.8, 4) is 0 Å². The topological polar surface area (TPSA) is 153 Å². The first kappa shape index (κ1) is 38.8. The normalized spacial score (nSPS) is 18.9. The van der Waals surface area contributed by atoms with Crippen LogP contribution in [0, 0.1) is 5.92 Å². The lowest BCUT2D eigenvalue weighted by molar-refractivity contribution is -0.154. The van der Waals surface area contributed by atoms with E-state index in [9.17, 15) is 24.0 Å². The summed E-state index contributed by atoms with van der Waals surface area (Å²) in [5.74, 6) is -1.57. The van der Waals surface area contributed by atoms with Gasteiger partial charge in [-0.25, -0.2) is 14.6 Å². The average molecular weight is 773 g/mol. The summed E-state index contributed by atoms with van der Waals surface area (Å²) in [5, 5.41) is 6.88. The van der Waals surface area contributed by atoms with Crippen LogP contribution in [0.3, 0.4) is 0 Å². The van der Waals surface area contributed by atoms with E-state index in [4.69, 9.17) is 14.2 Å². The fourth-order valence-corrected chi connectivity index (χ4v) is 8.65. The van der Waals surface area contributed by atoms with Gasteiger partial charge >= 0.3 is 18.0 Å². The molecule has 1 aromatic heterocycles. The van der Waals surface area contributed by atoms with Crippen LogP contribution in [0.25, 0.3) is 5.57 Å². The number of thioether (sulfide) groups is 1. The van der Waals surface area contributed by atoms with E-state index in [0.29, 0.717) is 29.2 Å². The molecule has 14 heteroatoms. The van der Waals surface area contributed by atoms with Crippen LogP contribution in [-0.2, 0) is 33.4 Å². The molecule has 2 aromatic carbocycles. The number of carbonyl (C=O) groups is 5. The molecule has 0 unspecified atom stereocenters. The second-order valence-corrected chi connectivity index (χ2v) is 16.3. The smallest absolute Gasteiger partial charge is 0.413 e. The number of thiazole rings is 1. The van der Waals surface area contributed by atoms with Gasteiger partial charge in [0.15, 0.2) is 11.2 Å². The highest BCUT2D eigenvalue weighted by atomic mass is 32.2. The number of anilines is 1. The lowest BCUT2D eigenvalue weighted by Crippen LogP contribution is -2.70. The van der Waals surface area contributed by atoms with E-state index >= 15 is 0 Å². The summed E-state index contributed by atoms with van der Waals surface area (Å²) in [6, 6.07) is 17.6. The van der Waals surface area contributed by atoms with E-state index in [2.05, 4.69) is 15.6 Å². The van der Waals surface area contributed by atoms with Gasteiger partial charge in [0.25, 0.3) is 11.8 Å². The van der Waals surface area contributed by atoms with E-state index in [-0.39, 0.29) is 23.2 Å². The first-order valence-corrected chi connectivity index (χ1v) is 19.9. The van der Waals surface area contributed by atoms with Gasteiger partial charge in [-0.2, -0.15) is 0 Å². The monoisotopic (exact) mass is 772 g/mol. The number of ether oxygens (including phenoxy) is 3. The number of benzene rings is 2. The van der Waals surface area contributed by atoms with Crippen LogP contribution in [0.15, 0.2) is 83.4 Å². The number of amides is 3. The zero-order valence-corrected chi connectivity index (χ0v) is 32.3. The number of β-lactam (4-membered cyclic amide) rings is 1. The number of fused-ring (bicyclic) bond motifs is 1. The SMILES string of the molecule is CC(=O)OCC1=C(C(=O)OC(c2ccccc2)c2ccccc2)N2C(=O)[C@@H](NC(=O)/C(=C\CC3CCCC3)c3csc(NC(=O)OC(C)(C)C)n3)[C@H]2SC1. The van der Waals surface area contributed by atoms with Gasteiger partial charge < -0.3 is 19.5 Å². The molecule has 0 bridgehead atoms. The van der Waals surface area contributed by atoms with Gasteiger partial charge in [-0.1, -0.05) is 92.4 Å². The number of aromatic nitrogens is 1. The first-order chi connectivity index (χ1) is 25.9. The molecule has 1 saturated carbocycles. The number of rotatable bonds is 12. The van der Waals surface area contributed by atoms with Crippen molar-refractivity contribution in [3.63, 3.8) is 0 Å². The molecule has 2 fully saturated rings. The number of carbonyl (C=O) groups excluding carboxylic acids is 5. The molecular formula is C40H44N4O8S2. The number of hydrogen-bond donors (Lipinski definition) is 2. The van der Waals surface area contributed by atoms with Crippen LogP contribution < -0.4 is 10.6 Å². The Morgan fingerprint density at radius 3 is 2.26 bits per heavy atom. The second-order valence-electron chi connectivity index (χ2n) is 14.4. The van der Waals surface area contributed by atoms with Crippen molar-refractivity contribution < 1.29 is 38.2 Å². The van der Waals surface area contributed by atoms with E-state index < -0.39 is 53.0 Å². The minimum absolute atomic E-state index is 0.00159. The van der Waals surface area contributed by atoms with Gasteiger partial charge in [0.1, 0.15) is 29.3 Å². The third kappa shape index (κ3) is 9.40. The summed E-state index contributed by atoms with van der Waals surface area (Å²) >= 11 is 2.52. The van der Waals surface area contributed by atoms with E-state index in [0.717, 1.165) is 48.1 Å². The van der Waals surface area contributed by atoms with Crippen molar-refractivity contribution in [1.82, 2.24) is 15.2 Å². The molecule has 2 atom stereocenters. The number of nitrogens with zero attached hydrogens (tertiary/aromatic N) is 2. The Kier molecular flexibility index (Phi) is 12.2. The Hall–Kier alpha value is -4.95. The predicted octanol–water partition coefficient (Wildman–Crippen LogP) is 7.00. The van der Waals surface area contributed by atoms with Crippen molar-refractivity contribution in [2.24, 2.45) is 5.92 Å². The van der Waals surface area contributed by atoms with Crippen LogP contribution >= 0.6 is 23.1 Å². The molecule has 3 aromatic rings. The third-order valence-electron chi connectivity index (χ3n) is 9.17. The minimum atomic E-state index is -0.951. The molecule has 0 radical (unpaired) electrons. The Labute approximate surface area is 322 Å². The van der Waals surface area contributed by atoms with Gasteiger partial charge in [-0.3, -0.25) is 24.6 Å². The fraction of sp³-hybridized carbons (Fsp3) is 0.400. The summed E-state index contributed by atoms with van der Waals surface area (Å²) < 4.78 is 16.8. The molecule has 3 aliphatic rings. The molecule has 0 spiro atoms. The number of hydrogen-bond acceptors (Lipinski definition) is 11. The third-order valence-corrected chi connectivity index (χ3v) is 11.3. The van der Waals surface area contributed by atoms with Gasteiger partial charge in [-0.05, 0) is 44.2 Å². The molecule has 12 nitrogen and oxygen atoms in total. The van der Waals surface area contributed by atoms with E-state index in [1.807, 2.05) is 66.7 Å². The number of esters is 2. The quantitative estimate of drug-likeness (QED) is 0.0852. The van der Waals surface area contributed by atoms with Crippen molar-refractivity contribution in [1.29, 1.82) is 0 Å². The summed E-state index contributed by atoms with van der Waals surface area (Å²) in [5.41, 5.74) is 1.87. The van der Waals surface area contributed by atoms with Crippen LogP contribution in [0.2, 0.25) is 0 Å². The maximum Gasteiger partial charge on any atom is 0.413 e. The van der Waals surface area contributed by atoms with Crippen LogP contribution in [0.5, 0.6) is 0 Å². The van der Waals surface area contributed by atoms with Crippen LogP contribution in [-0.4, -0.2) is 69.1 Å². The molecule has 2 aliphatic heterocycles. The molecule has 1 aliphatic carbocycles. The summed E-state index contributed by atoms with van der Waals surface area (Å²) in [4.78, 5) is 72.3. The van der Waals surface area contributed by atoms with Crippen molar-refractivity contribution >= 4 is 63.6 Å². The summed E-state index contributed by atoms with van der Waals surface area (Å²) in [7, 11) is 0. The van der Waals surface area contributed by atoms with Crippen molar-refractivity contribution in [2.75, 3.05) is 17.7 Å². The van der Waals surface area contributed by atoms with Gasteiger partial charge in [-0.15, -0.1) is 23.1 Å². The molecule has 1 saturated heterocycles. The minimum Gasteiger partial charge on any atom is -0.461 e. The molecule has 6 rings (SSSR count). The van der Waals surface area contributed by atoms with Crippen LogP contribution in [0.4, 0.5) is 9.93 Å². The Balaban J connectivity index is 1.23. The first-order valence-electron chi connectivity index (χ1n) is 18.0. The second kappa shape index (κ2) is 17.0. The molecule has 54 heavy (non-hydrogen) atoms. The maximum atomic E-state index is 14.2. The fourth-order valence-electron chi connectivity index (χ4n) is 6.63. The van der Waals surface area contributed by atoms with Crippen LogP contribution in [0.1, 0.15) is 82.7 Å². The molecule has 3 amide bonds. The Bertz CT molecular complexity index is 1890. The standard InChI is InChI=1S/C40H44N4O8S2/c1-24(45)50-21-28-22-53-36-31(35(47)44(36)32(28)37(48)51-33(26-15-7-5-8-16-26)27-17-9-6-10-18-27)42-34(46)29(20-19-25-13-11-12-14-25)30-23-54-38(41-30)43-39(49)52-40(2,3)4/h5-10,15-18,20,23,25,31,33,36H,11-14,19,21-22H2,1-4H3,(H,42,46)(H,41,43,49)/b29-20-/t31-,36-/m1/s1. The predicted molar refractivity (Wildman–Crippen MR) is 206 cm³/mol. The maximum absolute atomic E-state index is 14.2. The largest absolute Gasteiger partial charge is 0.461 e. The zero-order valence-electron chi connectivity index (χ0n) is 30.7. The summed E-state index contributed by atoms with van der Waals surface area (Å²) in [6.07, 6.45) is 5.51. The highest BCUT2D eigenvalue weighted by Gasteiger charge is 2.55. The van der Waals surface area contributed by atoms with E-state index in [1.165, 1.54) is 23.6 Å².